The van der Waals surface area contributed by atoms with Crippen LogP contribution in [0.4, 0.5) is 0 Å². The molecular weight excluding hydrogens is 340 g/mol. The molecule has 0 fully saturated rings. The van der Waals surface area contributed by atoms with Crippen LogP contribution in [0.2, 0.25) is 0 Å². The third-order valence-electron chi connectivity index (χ3n) is 4.55. The molecule has 4 heteroatoms. The van der Waals surface area contributed by atoms with Crippen LogP contribution in [-0.4, -0.2) is 18.0 Å². The van der Waals surface area contributed by atoms with E-state index in [9.17, 15) is 9.90 Å². The second-order valence-electron chi connectivity index (χ2n) is 6.26. The number of Topliss-reactive ketones (excluding diaryl/α,β-unsaturated/α-hetero) is 1. The van der Waals surface area contributed by atoms with Crippen molar-refractivity contribution < 1.29 is 19.4 Å². The van der Waals surface area contributed by atoms with Crippen molar-refractivity contribution in [3.8, 4) is 17.2 Å². The van der Waals surface area contributed by atoms with E-state index in [1.54, 1.807) is 36.4 Å². The monoisotopic (exact) mass is 358 g/mol. The number of methoxy groups -OCH3 is 1. The van der Waals surface area contributed by atoms with Crippen molar-refractivity contribution in [3.63, 3.8) is 0 Å². The van der Waals surface area contributed by atoms with Gasteiger partial charge in [0.25, 0.3) is 0 Å². The van der Waals surface area contributed by atoms with Crippen molar-refractivity contribution in [1.29, 1.82) is 0 Å². The van der Waals surface area contributed by atoms with Crippen LogP contribution >= 0.6 is 0 Å². The molecule has 1 aliphatic rings. The number of carbonyl (C=O) groups excluding carboxylic acids is 1. The number of fused-ring (bicyclic) bond motifs is 1. The Morgan fingerprint density at radius 2 is 1.74 bits per heavy atom. The van der Waals surface area contributed by atoms with Gasteiger partial charge < -0.3 is 14.6 Å². The van der Waals surface area contributed by atoms with E-state index in [1.165, 1.54) is 7.11 Å². The highest BCUT2D eigenvalue weighted by molar-refractivity contribution is 6.14. The van der Waals surface area contributed by atoms with E-state index in [0.29, 0.717) is 28.2 Å². The van der Waals surface area contributed by atoms with Crippen LogP contribution < -0.4 is 9.47 Å². The molecule has 1 heterocycles. The van der Waals surface area contributed by atoms with Crippen LogP contribution in [0.1, 0.15) is 27.6 Å². The van der Waals surface area contributed by atoms with Gasteiger partial charge in [0.15, 0.2) is 23.4 Å². The Morgan fingerprint density at radius 3 is 2.48 bits per heavy atom. The highest BCUT2D eigenvalue weighted by Crippen LogP contribution is 2.39. The number of hydrogen-bond donors (Lipinski definition) is 1. The van der Waals surface area contributed by atoms with Crippen LogP contribution in [0.5, 0.6) is 17.2 Å². The Bertz CT molecular complexity index is 1020. The number of benzene rings is 3. The van der Waals surface area contributed by atoms with Gasteiger partial charge in [-0.15, -0.1) is 0 Å². The molecule has 0 amide bonds. The maximum Gasteiger partial charge on any atom is 0.196 e. The fraction of sp³-hybridized carbons (Fsp3) is 0.0870. The molecule has 0 spiro atoms. The van der Waals surface area contributed by atoms with Gasteiger partial charge in [0.05, 0.1) is 12.7 Å². The summed E-state index contributed by atoms with van der Waals surface area (Å²) >= 11 is 0. The number of rotatable bonds is 3. The van der Waals surface area contributed by atoms with Gasteiger partial charge in [-0.1, -0.05) is 48.5 Å². The Balaban J connectivity index is 1.84. The minimum Gasteiger partial charge on any atom is -0.504 e. The summed E-state index contributed by atoms with van der Waals surface area (Å²) < 4.78 is 11.3. The van der Waals surface area contributed by atoms with Gasteiger partial charge in [0, 0.05) is 5.57 Å². The molecule has 0 aliphatic carbocycles. The smallest absolute Gasteiger partial charge is 0.196 e. The van der Waals surface area contributed by atoms with Gasteiger partial charge in [0.2, 0.25) is 0 Å². The van der Waals surface area contributed by atoms with Gasteiger partial charge in [0.1, 0.15) is 5.75 Å². The zero-order valence-corrected chi connectivity index (χ0v) is 14.8. The average Bonchev–Trinajstić information content (AvgIpc) is 2.71. The largest absolute Gasteiger partial charge is 0.504 e. The van der Waals surface area contributed by atoms with Crippen LogP contribution in [-0.2, 0) is 0 Å². The van der Waals surface area contributed by atoms with Crippen LogP contribution in [0.3, 0.4) is 0 Å². The third kappa shape index (κ3) is 3.17. The summed E-state index contributed by atoms with van der Waals surface area (Å²) in [6.07, 6.45) is 1.24. The number of phenolic OH excluding ortho intramolecular Hbond substituents is 1. The molecule has 1 atom stereocenters. The second-order valence-corrected chi connectivity index (χ2v) is 6.26. The number of para-hydroxylation sites is 1. The van der Waals surface area contributed by atoms with E-state index < -0.39 is 6.10 Å². The lowest BCUT2D eigenvalue weighted by molar-refractivity contribution is 0.0963. The molecule has 27 heavy (non-hydrogen) atoms. The summed E-state index contributed by atoms with van der Waals surface area (Å²) in [5.74, 6) is 0.896. The van der Waals surface area contributed by atoms with Crippen LogP contribution in [0.15, 0.2) is 78.4 Å². The summed E-state index contributed by atoms with van der Waals surface area (Å²) in [6, 6.07) is 21.9. The molecular formula is C23H18O4. The number of ketones is 1. The standard InChI is InChI=1S/C23H18O4/c1-26-21-12-11-15(14-19(21)24)13-18-22(25)17-9-5-6-10-20(17)27-23(18)16-7-3-2-4-8-16/h2-14,23-24H,1H3/b18-13-/t23-/m0/s1. The molecule has 4 rings (SSSR count). The molecule has 3 aromatic rings. The quantitative estimate of drug-likeness (QED) is 0.683. The third-order valence-corrected chi connectivity index (χ3v) is 4.55. The van der Waals surface area contributed by atoms with E-state index in [0.717, 1.165) is 5.56 Å². The highest BCUT2D eigenvalue weighted by Gasteiger charge is 2.32. The Labute approximate surface area is 157 Å². The van der Waals surface area contributed by atoms with E-state index in [2.05, 4.69) is 0 Å². The fourth-order valence-electron chi connectivity index (χ4n) is 3.22. The zero-order valence-electron chi connectivity index (χ0n) is 14.8. The summed E-state index contributed by atoms with van der Waals surface area (Å²) in [5, 5.41) is 10.1. The number of hydrogen-bond acceptors (Lipinski definition) is 4. The normalized spacial score (nSPS) is 17.3. The molecule has 4 nitrogen and oxygen atoms in total. The average molecular weight is 358 g/mol. The Hall–Kier alpha value is -3.53. The summed E-state index contributed by atoms with van der Waals surface area (Å²) in [7, 11) is 1.49. The minimum absolute atomic E-state index is 0.0210. The Kier molecular flexibility index (Phi) is 4.38. The summed E-state index contributed by atoms with van der Waals surface area (Å²) in [6.45, 7) is 0. The van der Waals surface area contributed by atoms with Gasteiger partial charge in [-0.25, -0.2) is 0 Å². The maximum atomic E-state index is 13.2. The first-order valence-electron chi connectivity index (χ1n) is 8.61. The zero-order chi connectivity index (χ0) is 18.8. The molecule has 0 radical (unpaired) electrons. The SMILES string of the molecule is COc1ccc(/C=C2/C(=O)c3ccccc3O[C@H]2c2ccccc2)cc1O. The molecule has 0 saturated heterocycles. The first-order chi connectivity index (χ1) is 13.2. The highest BCUT2D eigenvalue weighted by atomic mass is 16.5. The van der Waals surface area contributed by atoms with Crippen molar-refractivity contribution in [2.24, 2.45) is 0 Å². The van der Waals surface area contributed by atoms with Crippen molar-refractivity contribution in [2.75, 3.05) is 7.11 Å². The van der Waals surface area contributed by atoms with E-state index in [4.69, 9.17) is 9.47 Å². The number of aromatic hydroxyl groups is 1. The van der Waals surface area contributed by atoms with Crippen LogP contribution in [0, 0.1) is 0 Å². The van der Waals surface area contributed by atoms with Crippen molar-refractivity contribution >= 4 is 11.9 Å². The van der Waals surface area contributed by atoms with E-state index in [1.807, 2.05) is 42.5 Å². The number of ether oxygens (including phenoxy) is 2. The molecule has 134 valence electrons. The summed E-state index contributed by atoms with van der Waals surface area (Å²) in [5.41, 5.74) is 2.64. The lowest BCUT2D eigenvalue weighted by atomic mass is 9.89. The molecule has 1 N–H and O–H groups in total. The van der Waals surface area contributed by atoms with Crippen molar-refractivity contribution in [1.82, 2.24) is 0 Å². The first-order valence-corrected chi connectivity index (χ1v) is 8.61. The number of phenols is 1. The lowest BCUT2D eigenvalue weighted by Crippen LogP contribution is -2.23. The molecule has 0 aromatic heterocycles. The van der Waals surface area contributed by atoms with Crippen molar-refractivity contribution in [3.05, 3.63) is 95.1 Å². The molecule has 0 bridgehead atoms. The fourth-order valence-corrected chi connectivity index (χ4v) is 3.22. The molecule has 1 aliphatic heterocycles. The number of carbonyl (C=O) groups is 1. The van der Waals surface area contributed by atoms with E-state index >= 15 is 0 Å². The van der Waals surface area contributed by atoms with Gasteiger partial charge >= 0.3 is 0 Å². The topological polar surface area (TPSA) is 55.8 Å². The van der Waals surface area contributed by atoms with Gasteiger partial charge in [-0.3, -0.25) is 4.79 Å². The molecule has 3 aromatic carbocycles. The van der Waals surface area contributed by atoms with Crippen LogP contribution in [0.25, 0.3) is 6.08 Å². The molecule has 0 saturated carbocycles. The van der Waals surface area contributed by atoms with E-state index in [-0.39, 0.29) is 11.5 Å². The molecule has 0 unspecified atom stereocenters. The first kappa shape index (κ1) is 16.9. The predicted molar refractivity (Wildman–Crippen MR) is 103 cm³/mol. The predicted octanol–water partition coefficient (Wildman–Crippen LogP) is 4.80. The summed E-state index contributed by atoms with van der Waals surface area (Å²) in [4.78, 5) is 13.2. The minimum atomic E-state index is -0.516. The Morgan fingerprint density at radius 1 is 1.00 bits per heavy atom. The lowest BCUT2D eigenvalue weighted by Gasteiger charge is -2.28. The van der Waals surface area contributed by atoms with Gasteiger partial charge in [-0.05, 0) is 41.5 Å². The van der Waals surface area contributed by atoms with Gasteiger partial charge in [-0.2, -0.15) is 0 Å². The maximum absolute atomic E-state index is 13.2. The second kappa shape index (κ2) is 7.00. The van der Waals surface area contributed by atoms with Crippen molar-refractivity contribution in [2.45, 2.75) is 6.10 Å².